The van der Waals surface area contributed by atoms with Gasteiger partial charge in [0.2, 0.25) is 6.79 Å². The van der Waals surface area contributed by atoms with Crippen LogP contribution in [0.4, 0.5) is 0 Å². The smallest absolute Gasteiger partial charge is 0.344 e. The molecule has 0 bridgehead atoms. The third-order valence-corrected chi connectivity index (χ3v) is 9.06. The lowest BCUT2D eigenvalue weighted by Crippen LogP contribution is -2.40. The first-order valence-corrected chi connectivity index (χ1v) is 16.6. The highest BCUT2D eigenvalue weighted by atomic mass is 127. The fourth-order valence-corrected chi connectivity index (χ4v) is 7.07. The molecule has 0 aliphatic carbocycles. The maximum atomic E-state index is 14.3. The van der Waals surface area contributed by atoms with Crippen LogP contribution in [0.5, 0.6) is 23.0 Å². The third-order valence-electron chi connectivity index (χ3n) is 7.28. The van der Waals surface area contributed by atoms with Crippen molar-refractivity contribution in [3.63, 3.8) is 0 Å². The van der Waals surface area contributed by atoms with Crippen molar-refractivity contribution in [2.75, 3.05) is 33.7 Å². The van der Waals surface area contributed by atoms with E-state index in [1.165, 1.54) is 23.0 Å². The predicted molar refractivity (Wildman–Crippen MR) is 181 cm³/mol. The van der Waals surface area contributed by atoms with Crippen molar-refractivity contribution >= 4 is 57.6 Å². The number of hydrogen-bond acceptors (Lipinski definition) is 11. The van der Waals surface area contributed by atoms with Crippen molar-refractivity contribution in [3.05, 3.63) is 106 Å². The van der Waals surface area contributed by atoms with Crippen LogP contribution in [0, 0.1) is 3.57 Å². The maximum Gasteiger partial charge on any atom is 0.344 e. The van der Waals surface area contributed by atoms with Gasteiger partial charge >= 0.3 is 11.9 Å². The van der Waals surface area contributed by atoms with E-state index in [1.54, 1.807) is 38.1 Å². The number of aromatic nitrogens is 1. The summed E-state index contributed by atoms with van der Waals surface area (Å²) in [5.74, 6) is 0.778. The van der Waals surface area contributed by atoms with Gasteiger partial charge in [0.25, 0.3) is 5.56 Å². The van der Waals surface area contributed by atoms with Gasteiger partial charge in [-0.25, -0.2) is 14.6 Å². The maximum absolute atomic E-state index is 14.3. The summed E-state index contributed by atoms with van der Waals surface area (Å²) in [6, 6.07) is 17.3. The molecule has 0 N–H and O–H groups in total. The molecule has 2 aliphatic heterocycles. The van der Waals surface area contributed by atoms with E-state index in [-0.39, 0.29) is 37.7 Å². The predicted octanol–water partition coefficient (Wildman–Crippen LogP) is 4.22. The van der Waals surface area contributed by atoms with Crippen molar-refractivity contribution in [2.24, 2.45) is 4.99 Å². The summed E-state index contributed by atoms with van der Waals surface area (Å²) in [7, 11) is 1.49. The first-order chi connectivity index (χ1) is 22.8. The first-order valence-electron chi connectivity index (χ1n) is 14.7. The Kier molecular flexibility index (Phi) is 9.63. The van der Waals surface area contributed by atoms with Crippen molar-refractivity contribution in [1.82, 2.24) is 4.57 Å². The summed E-state index contributed by atoms with van der Waals surface area (Å²) >= 11 is 3.29. The van der Waals surface area contributed by atoms with Gasteiger partial charge in [-0.05, 0) is 77.9 Å². The molecule has 6 rings (SSSR count). The van der Waals surface area contributed by atoms with Crippen LogP contribution in [-0.4, -0.2) is 50.2 Å². The molecular weight excluding hydrogens is 739 g/mol. The Morgan fingerprint density at radius 1 is 1.04 bits per heavy atom. The zero-order valence-electron chi connectivity index (χ0n) is 25.6. The van der Waals surface area contributed by atoms with Crippen molar-refractivity contribution in [3.8, 4) is 23.0 Å². The Hall–Kier alpha value is -4.63. The molecule has 4 aromatic rings. The third kappa shape index (κ3) is 6.49. The number of hydrogen-bond donors (Lipinski definition) is 0. The summed E-state index contributed by atoms with van der Waals surface area (Å²) in [4.78, 5) is 45.2. The van der Waals surface area contributed by atoms with Crippen LogP contribution in [0.1, 0.15) is 36.6 Å². The van der Waals surface area contributed by atoms with Gasteiger partial charge in [-0.2, -0.15) is 0 Å². The monoisotopic (exact) mass is 768 g/mol. The standard InChI is InChI=1S/C34H29IN2O9S/c1-4-42-27(38)17-44-31-22(35)13-19(14-25(31)41-3)15-26-32(39)37-30(21-11-12-23-24(16-21)46-18-45-23)28(33(40)43-5-2)29(36-34(37)47-26)20-9-7-6-8-10-20/h6-16,30H,4-5,17-18H2,1-3H3/b26-15-/t30-/m1/s1. The molecule has 0 amide bonds. The van der Waals surface area contributed by atoms with E-state index in [4.69, 9.17) is 33.4 Å². The summed E-state index contributed by atoms with van der Waals surface area (Å²) in [5, 5.41) is 0. The minimum absolute atomic E-state index is 0.0757. The fraction of sp³-hybridized carbons (Fsp3) is 0.235. The SMILES string of the molecule is CCOC(=O)COc1c(I)cc(/C=c2\sc3n(c2=O)[C@H](c2ccc4c(c2)OCO4)C(C(=O)OCC)=C(c2ccccc2)N=3)cc1OC. The molecule has 2 aliphatic rings. The van der Waals surface area contributed by atoms with Gasteiger partial charge in [-0.1, -0.05) is 47.7 Å². The summed E-state index contributed by atoms with van der Waals surface area (Å²) < 4.78 is 35.5. The molecule has 0 radical (unpaired) electrons. The van der Waals surface area contributed by atoms with Crippen LogP contribution in [-0.2, 0) is 19.1 Å². The molecule has 1 atom stereocenters. The Morgan fingerprint density at radius 3 is 2.55 bits per heavy atom. The van der Waals surface area contributed by atoms with Gasteiger partial charge in [-0.3, -0.25) is 9.36 Å². The normalized spacial score (nSPS) is 15.1. The second kappa shape index (κ2) is 14.0. The van der Waals surface area contributed by atoms with Gasteiger partial charge < -0.3 is 28.4 Å². The molecule has 1 aromatic heterocycles. The highest BCUT2D eigenvalue weighted by molar-refractivity contribution is 14.1. The average molecular weight is 769 g/mol. The zero-order chi connectivity index (χ0) is 33.1. The molecular formula is C34H29IN2O9S. The lowest BCUT2D eigenvalue weighted by molar-refractivity contribution is -0.145. The number of fused-ring (bicyclic) bond motifs is 2. The number of methoxy groups -OCH3 is 1. The molecule has 0 saturated heterocycles. The molecule has 13 heteroatoms. The summed E-state index contributed by atoms with van der Waals surface area (Å²) in [6.45, 7) is 3.64. The number of carbonyl (C=O) groups is 2. The van der Waals surface area contributed by atoms with E-state index in [0.717, 1.165) is 0 Å². The fourth-order valence-electron chi connectivity index (χ4n) is 5.29. The largest absolute Gasteiger partial charge is 0.493 e. The second-order valence-corrected chi connectivity index (χ2v) is 12.3. The molecule has 242 valence electrons. The lowest BCUT2D eigenvalue weighted by Gasteiger charge is -2.26. The number of ether oxygens (including phenoxy) is 6. The topological polar surface area (TPSA) is 124 Å². The van der Waals surface area contributed by atoms with E-state index in [1.807, 2.05) is 42.5 Å². The van der Waals surface area contributed by atoms with E-state index in [2.05, 4.69) is 22.6 Å². The molecule has 11 nitrogen and oxygen atoms in total. The van der Waals surface area contributed by atoms with Gasteiger partial charge in [0.05, 0.1) is 45.7 Å². The van der Waals surface area contributed by atoms with Crippen LogP contribution in [0.25, 0.3) is 11.8 Å². The first kappa shape index (κ1) is 32.3. The van der Waals surface area contributed by atoms with Crippen LogP contribution in [0.15, 0.2) is 76.0 Å². The van der Waals surface area contributed by atoms with Crippen LogP contribution < -0.4 is 33.8 Å². The number of carbonyl (C=O) groups excluding carboxylic acids is 2. The Bertz CT molecular complexity index is 2070. The lowest BCUT2D eigenvalue weighted by atomic mass is 9.93. The molecule has 47 heavy (non-hydrogen) atoms. The number of esters is 2. The Balaban J connectivity index is 1.53. The molecule has 0 saturated carbocycles. The van der Waals surface area contributed by atoms with Gasteiger partial charge in [-0.15, -0.1) is 0 Å². The molecule has 0 fully saturated rings. The molecule has 0 spiro atoms. The summed E-state index contributed by atoms with van der Waals surface area (Å²) in [6.07, 6.45) is 1.73. The van der Waals surface area contributed by atoms with Gasteiger partial charge in [0, 0.05) is 5.56 Å². The Morgan fingerprint density at radius 2 is 1.81 bits per heavy atom. The molecule has 0 unspecified atom stereocenters. The van der Waals surface area contributed by atoms with E-state index in [9.17, 15) is 14.4 Å². The number of rotatable bonds is 10. The highest BCUT2D eigenvalue weighted by Gasteiger charge is 2.36. The van der Waals surface area contributed by atoms with Crippen molar-refractivity contribution in [2.45, 2.75) is 19.9 Å². The number of benzene rings is 3. The van der Waals surface area contributed by atoms with Crippen molar-refractivity contribution in [1.29, 1.82) is 0 Å². The van der Waals surface area contributed by atoms with Crippen LogP contribution in [0.2, 0.25) is 0 Å². The average Bonchev–Trinajstić information content (AvgIpc) is 3.67. The Labute approximate surface area is 286 Å². The van der Waals surface area contributed by atoms with Crippen molar-refractivity contribution < 1.29 is 38.0 Å². The number of thiazole rings is 1. The number of nitrogens with zero attached hydrogens (tertiary/aromatic N) is 2. The minimum Gasteiger partial charge on any atom is -0.493 e. The van der Waals surface area contributed by atoms with Crippen LogP contribution in [0.3, 0.4) is 0 Å². The quantitative estimate of drug-likeness (QED) is 0.173. The van der Waals surface area contributed by atoms with Crippen LogP contribution >= 0.6 is 33.9 Å². The molecule has 3 aromatic carbocycles. The van der Waals surface area contributed by atoms with E-state index < -0.39 is 18.0 Å². The van der Waals surface area contributed by atoms with E-state index in [0.29, 0.717) is 58.3 Å². The molecule has 3 heterocycles. The van der Waals surface area contributed by atoms with Gasteiger partial charge in [0.15, 0.2) is 34.4 Å². The van der Waals surface area contributed by atoms with E-state index >= 15 is 0 Å². The van der Waals surface area contributed by atoms with Gasteiger partial charge in [0.1, 0.15) is 0 Å². The zero-order valence-corrected chi connectivity index (χ0v) is 28.6. The number of halogens is 1. The highest BCUT2D eigenvalue weighted by Crippen LogP contribution is 2.40. The second-order valence-electron chi connectivity index (χ2n) is 10.2. The summed E-state index contributed by atoms with van der Waals surface area (Å²) in [5.41, 5.74) is 2.30. The minimum atomic E-state index is -0.870.